The zero-order valence-corrected chi connectivity index (χ0v) is 15.3. The minimum absolute atomic E-state index is 0.524. The van der Waals surface area contributed by atoms with Crippen molar-refractivity contribution in [2.45, 2.75) is 25.8 Å². The fourth-order valence-electron chi connectivity index (χ4n) is 4.03. The average Bonchev–Trinajstić information content (AvgIpc) is 3.06. The highest BCUT2D eigenvalue weighted by molar-refractivity contribution is 6.07. The van der Waals surface area contributed by atoms with Gasteiger partial charge in [-0.2, -0.15) is 0 Å². The number of anilines is 1. The summed E-state index contributed by atoms with van der Waals surface area (Å²) in [6.07, 6.45) is 7.72. The minimum Gasteiger partial charge on any atom is -0.384 e. The SMILES string of the molecule is Nc1cc2c(cn1)[nH]c1ncc(-c3ccc(CN4CCCCC4)cc3)cc12. The van der Waals surface area contributed by atoms with E-state index in [9.17, 15) is 0 Å². The first kappa shape index (κ1) is 16.3. The molecule has 1 aromatic carbocycles. The van der Waals surface area contributed by atoms with Crippen LogP contribution in [0.2, 0.25) is 0 Å². The number of piperidine rings is 1. The molecule has 0 spiro atoms. The molecule has 5 rings (SSSR count). The molecular weight excluding hydrogens is 334 g/mol. The standard InChI is InChI=1S/C22H23N5/c23-21-11-18-19-10-17(12-25-22(19)26-20(18)13-24-21)16-6-4-15(5-7-16)14-27-8-2-1-3-9-27/h4-7,10-13H,1-3,8-9,14H2,(H2,23,24)(H,25,26). The van der Waals surface area contributed by atoms with Gasteiger partial charge in [0, 0.05) is 29.1 Å². The van der Waals surface area contributed by atoms with Crippen LogP contribution in [0.25, 0.3) is 33.1 Å². The van der Waals surface area contributed by atoms with E-state index < -0.39 is 0 Å². The summed E-state index contributed by atoms with van der Waals surface area (Å²) in [5.74, 6) is 0.524. The molecule has 1 aliphatic rings. The summed E-state index contributed by atoms with van der Waals surface area (Å²) in [4.78, 5) is 14.6. The first-order valence-corrected chi connectivity index (χ1v) is 9.61. The maximum absolute atomic E-state index is 5.87. The van der Waals surface area contributed by atoms with Crippen LogP contribution in [0.5, 0.6) is 0 Å². The number of rotatable bonds is 3. The number of hydrogen-bond acceptors (Lipinski definition) is 4. The van der Waals surface area contributed by atoms with E-state index in [1.54, 1.807) is 6.20 Å². The Morgan fingerprint density at radius 2 is 1.70 bits per heavy atom. The Labute approximate surface area is 158 Å². The predicted octanol–water partition coefficient (Wildman–Crippen LogP) is 4.35. The highest BCUT2D eigenvalue weighted by atomic mass is 15.1. The van der Waals surface area contributed by atoms with Gasteiger partial charge in [-0.15, -0.1) is 0 Å². The van der Waals surface area contributed by atoms with E-state index in [0.29, 0.717) is 5.82 Å². The van der Waals surface area contributed by atoms with Crippen molar-refractivity contribution in [3.8, 4) is 11.1 Å². The lowest BCUT2D eigenvalue weighted by atomic mass is 10.0. The quantitative estimate of drug-likeness (QED) is 0.572. The third-order valence-electron chi connectivity index (χ3n) is 5.50. The number of nitrogens with two attached hydrogens (primary N) is 1. The van der Waals surface area contributed by atoms with Gasteiger partial charge in [0.25, 0.3) is 0 Å². The van der Waals surface area contributed by atoms with Crippen LogP contribution in [0.1, 0.15) is 24.8 Å². The molecule has 4 aromatic rings. The van der Waals surface area contributed by atoms with Crippen molar-refractivity contribution < 1.29 is 0 Å². The summed E-state index contributed by atoms with van der Waals surface area (Å²) < 4.78 is 0. The summed E-state index contributed by atoms with van der Waals surface area (Å²) in [5, 5.41) is 2.14. The number of nitrogen functional groups attached to an aromatic ring is 1. The molecule has 1 aliphatic heterocycles. The molecule has 136 valence electrons. The molecule has 3 N–H and O–H groups in total. The zero-order valence-electron chi connectivity index (χ0n) is 15.3. The van der Waals surface area contributed by atoms with Crippen LogP contribution in [0, 0.1) is 0 Å². The molecule has 1 fully saturated rings. The Morgan fingerprint density at radius 3 is 2.52 bits per heavy atom. The lowest BCUT2D eigenvalue weighted by Gasteiger charge is -2.26. The van der Waals surface area contributed by atoms with E-state index in [4.69, 9.17) is 5.73 Å². The van der Waals surface area contributed by atoms with Crippen LogP contribution in [0.15, 0.2) is 48.8 Å². The number of H-pyrrole nitrogens is 1. The summed E-state index contributed by atoms with van der Waals surface area (Å²) in [5.41, 5.74) is 11.4. The van der Waals surface area contributed by atoms with Gasteiger partial charge in [0.15, 0.2) is 0 Å². The summed E-state index contributed by atoms with van der Waals surface area (Å²) >= 11 is 0. The van der Waals surface area contributed by atoms with Crippen molar-refractivity contribution in [3.05, 3.63) is 54.4 Å². The van der Waals surface area contributed by atoms with E-state index in [-0.39, 0.29) is 0 Å². The van der Waals surface area contributed by atoms with E-state index in [1.165, 1.54) is 43.5 Å². The average molecular weight is 357 g/mol. The van der Waals surface area contributed by atoms with E-state index in [1.807, 2.05) is 12.3 Å². The van der Waals surface area contributed by atoms with Gasteiger partial charge >= 0.3 is 0 Å². The van der Waals surface area contributed by atoms with Crippen LogP contribution in [0.4, 0.5) is 5.82 Å². The first-order valence-electron chi connectivity index (χ1n) is 9.61. The topological polar surface area (TPSA) is 70.8 Å². The number of benzene rings is 1. The number of likely N-dealkylation sites (tertiary alicyclic amines) is 1. The highest BCUT2D eigenvalue weighted by Crippen LogP contribution is 2.29. The summed E-state index contributed by atoms with van der Waals surface area (Å²) in [7, 11) is 0. The van der Waals surface area contributed by atoms with Crippen molar-refractivity contribution in [2.24, 2.45) is 0 Å². The van der Waals surface area contributed by atoms with Crippen molar-refractivity contribution >= 4 is 27.8 Å². The third kappa shape index (κ3) is 3.15. The van der Waals surface area contributed by atoms with E-state index in [2.05, 4.69) is 50.2 Å². The molecule has 1 saturated heterocycles. The molecule has 3 aromatic heterocycles. The molecule has 5 heteroatoms. The lowest BCUT2D eigenvalue weighted by Crippen LogP contribution is -2.28. The van der Waals surface area contributed by atoms with Gasteiger partial charge in [-0.25, -0.2) is 9.97 Å². The monoisotopic (exact) mass is 357 g/mol. The van der Waals surface area contributed by atoms with Crippen LogP contribution in [0.3, 0.4) is 0 Å². The first-order chi connectivity index (χ1) is 13.3. The van der Waals surface area contributed by atoms with Gasteiger partial charge in [-0.1, -0.05) is 30.7 Å². The number of pyridine rings is 2. The molecule has 0 unspecified atom stereocenters. The maximum Gasteiger partial charge on any atom is 0.138 e. The number of aromatic amines is 1. The molecule has 0 radical (unpaired) electrons. The van der Waals surface area contributed by atoms with E-state index in [0.717, 1.165) is 34.0 Å². The van der Waals surface area contributed by atoms with E-state index >= 15 is 0 Å². The number of aromatic nitrogens is 3. The summed E-state index contributed by atoms with van der Waals surface area (Å²) in [6, 6.07) is 13.0. The van der Waals surface area contributed by atoms with Crippen LogP contribution in [-0.4, -0.2) is 32.9 Å². The second-order valence-corrected chi connectivity index (χ2v) is 7.43. The molecular formula is C22H23N5. The second kappa shape index (κ2) is 6.67. The van der Waals surface area contributed by atoms with Gasteiger partial charge in [0.05, 0.1) is 11.7 Å². The van der Waals surface area contributed by atoms with Crippen molar-refractivity contribution in [1.29, 1.82) is 0 Å². The second-order valence-electron chi connectivity index (χ2n) is 7.43. The van der Waals surface area contributed by atoms with Gasteiger partial charge in [0.2, 0.25) is 0 Å². The Bertz CT molecular complexity index is 1090. The zero-order chi connectivity index (χ0) is 18.2. The predicted molar refractivity (Wildman–Crippen MR) is 110 cm³/mol. The van der Waals surface area contributed by atoms with Gasteiger partial charge in [-0.3, -0.25) is 4.90 Å². The molecule has 27 heavy (non-hydrogen) atoms. The molecule has 0 bridgehead atoms. The Morgan fingerprint density at radius 1 is 0.889 bits per heavy atom. The van der Waals surface area contributed by atoms with Crippen molar-refractivity contribution in [1.82, 2.24) is 19.9 Å². The lowest BCUT2D eigenvalue weighted by molar-refractivity contribution is 0.221. The molecule has 0 aliphatic carbocycles. The molecule has 0 atom stereocenters. The smallest absolute Gasteiger partial charge is 0.138 e. The van der Waals surface area contributed by atoms with Gasteiger partial charge in [-0.05, 0) is 49.2 Å². The highest BCUT2D eigenvalue weighted by Gasteiger charge is 2.11. The third-order valence-corrected chi connectivity index (χ3v) is 5.50. The maximum atomic E-state index is 5.87. The Kier molecular flexibility index (Phi) is 4.02. The molecule has 0 saturated carbocycles. The van der Waals surface area contributed by atoms with Crippen LogP contribution in [-0.2, 0) is 6.54 Å². The fourth-order valence-corrected chi connectivity index (χ4v) is 4.03. The minimum atomic E-state index is 0.524. The summed E-state index contributed by atoms with van der Waals surface area (Å²) in [6.45, 7) is 3.49. The Hall–Kier alpha value is -2.92. The van der Waals surface area contributed by atoms with Gasteiger partial charge in [0.1, 0.15) is 11.5 Å². The number of nitrogens with one attached hydrogen (secondary N) is 1. The Balaban J connectivity index is 1.45. The van der Waals surface area contributed by atoms with Crippen molar-refractivity contribution in [3.63, 3.8) is 0 Å². The fraction of sp³-hybridized carbons (Fsp3) is 0.273. The number of fused-ring (bicyclic) bond motifs is 3. The van der Waals surface area contributed by atoms with Crippen LogP contribution < -0.4 is 5.73 Å². The largest absolute Gasteiger partial charge is 0.384 e. The normalized spacial score (nSPS) is 15.6. The van der Waals surface area contributed by atoms with Gasteiger partial charge < -0.3 is 10.7 Å². The molecule has 4 heterocycles. The molecule has 0 amide bonds. The molecule has 5 nitrogen and oxygen atoms in total. The number of nitrogens with zero attached hydrogens (tertiary/aromatic N) is 3. The van der Waals surface area contributed by atoms with Crippen LogP contribution >= 0.6 is 0 Å². The number of hydrogen-bond donors (Lipinski definition) is 2. The van der Waals surface area contributed by atoms with Crippen molar-refractivity contribution in [2.75, 3.05) is 18.8 Å².